The summed E-state index contributed by atoms with van der Waals surface area (Å²) in [5.41, 5.74) is 2.32. The number of carbonyl (C=O) groups is 3. The van der Waals surface area contributed by atoms with Gasteiger partial charge in [-0.05, 0) is 56.3 Å². The van der Waals surface area contributed by atoms with E-state index in [2.05, 4.69) is 10.1 Å². The molecule has 1 heterocycles. The molecule has 2 aromatic carbocycles. The topological polar surface area (TPSA) is 95.9 Å². The Labute approximate surface area is 200 Å². The highest BCUT2D eigenvalue weighted by Crippen LogP contribution is 2.24. The quantitative estimate of drug-likeness (QED) is 0.329. The molecular weight excluding hydrogens is 462 g/mol. The van der Waals surface area contributed by atoms with Crippen molar-refractivity contribution >= 4 is 17.7 Å². The number of amides is 1. The lowest BCUT2D eigenvalue weighted by Crippen LogP contribution is -2.34. The maximum Gasteiger partial charge on any atom is 0.387 e. The number of rotatable bonds is 11. The Balaban J connectivity index is 1.51. The SMILES string of the molecule is Cc1cc(C(=O)COC(=O)CNC(=O)COc2ccccc2)c(C)n1-c1ccc(OC(F)F)cc1. The number of alkyl halides is 2. The van der Waals surface area contributed by atoms with Gasteiger partial charge in [0.25, 0.3) is 5.91 Å². The molecule has 184 valence electrons. The predicted octanol–water partition coefficient (Wildman–Crippen LogP) is 3.62. The van der Waals surface area contributed by atoms with E-state index in [4.69, 9.17) is 9.47 Å². The molecule has 0 aliphatic rings. The second-order valence-electron chi connectivity index (χ2n) is 7.45. The number of Topliss-reactive ketones (excluding diaryl/α,β-unsaturated/α-hetero) is 1. The van der Waals surface area contributed by atoms with Crippen LogP contribution in [0.1, 0.15) is 21.7 Å². The van der Waals surface area contributed by atoms with Crippen molar-refractivity contribution in [3.63, 3.8) is 0 Å². The van der Waals surface area contributed by atoms with Crippen LogP contribution < -0.4 is 14.8 Å². The Hall–Kier alpha value is -4.21. The van der Waals surface area contributed by atoms with Crippen molar-refractivity contribution in [1.29, 1.82) is 0 Å². The number of ether oxygens (including phenoxy) is 3. The van der Waals surface area contributed by atoms with E-state index < -0.39 is 37.4 Å². The Kier molecular flexibility index (Phi) is 8.55. The van der Waals surface area contributed by atoms with E-state index in [0.717, 1.165) is 5.69 Å². The molecule has 35 heavy (non-hydrogen) atoms. The number of hydrogen-bond donors (Lipinski definition) is 1. The van der Waals surface area contributed by atoms with E-state index >= 15 is 0 Å². The molecule has 3 rings (SSSR count). The zero-order valence-corrected chi connectivity index (χ0v) is 19.1. The molecule has 0 unspecified atom stereocenters. The van der Waals surface area contributed by atoms with Gasteiger partial charge in [0, 0.05) is 22.6 Å². The maximum absolute atomic E-state index is 12.6. The van der Waals surface area contributed by atoms with Crippen LogP contribution in [0.2, 0.25) is 0 Å². The van der Waals surface area contributed by atoms with Crippen LogP contribution in [-0.4, -0.2) is 48.6 Å². The third-order valence-corrected chi connectivity index (χ3v) is 4.96. The monoisotopic (exact) mass is 486 g/mol. The molecular formula is C25H24F2N2O6. The number of carbonyl (C=O) groups excluding carboxylic acids is 3. The lowest BCUT2D eigenvalue weighted by Gasteiger charge is -2.11. The molecule has 1 N–H and O–H groups in total. The number of aryl methyl sites for hydroxylation is 1. The lowest BCUT2D eigenvalue weighted by atomic mass is 10.1. The third kappa shape index (κ3) is 7.13. The van der Waals surface area contributed by atoms with Crippen molar-refractivity contribution in [3.05, 3.63) is 77.6 Å². The summed E-state index contributed by atoms with van der Waals surface area (Å²) in [6.07, 6.45) is 0. The van der Waals surface area contributed by atoms with Crippen molar-refractivity contribution in [3.8, 4) is 17.2 Å². The minimum absolute atomic E-state index is 0.0214. The summed E-state index contributed by atoms with van der Waals surface area (Å²) in [6, 6.07) is 16.4. The summed E-state index contributed by atoms with van der Waals surface area (Å²) >= 11 is 0. The van der Waals surface area contributed by atoms with Gasteiger partial charge in [0.05, 0.1) is 0 Å². The van der Waals surface area contributed by atoms with Crippen LogP contribution in [0, 0.1) is 13.8 Å². The van der Waals surface area contributed by atoms with Gasteiger partial charge in [-0.15, -0.1) is 0 Å². The zero-order chi connectivity index (χ0) is 25.4. The molecule has 1 aromatic heterocycles. The Morgan fingerprint density at radius 1 is 0.943 bits per heavy atom. The first-order valence-corrected chi connectivity index (χ1v) is 10.6. The molecule has 0 spiro atoms. The summed E-state index contributed by atoms with van der Waals surface area (Å²) in [7, 11) is 0. The molecule has 0 aliphatic heterocycles. The average Bonchev–Trinajstić information content (AvgIpc) is 3.14. The van der Waals surface area contributed by atoms with Crippen LogP contribution in [0.4, 0.5) is 8.78 Å². The van der Waals surface area contributed by atoms with Crippen molar-refractivity contribution in [1.82, 2.24) is 9.88 Å². The molecule has 0 fully saturated rings. The largest absolute Gasteiger partial charge is 0.484 e. The van der Waals surface area contributed by atoms with Crippen LogP contribution in [0.25, 0.3) is 5.69 Å². The number of nitrogens with zero attached hydrogens (tertiary/aromatic N) is 1. The van der Waals surface area contributed by atoms with E-state index in [-0.39, 0.29) is 12.4 Å². The normalized spacial score (nSPS) is 10.7. The van der Waals surface area contributed by atoms with Gasteiger partial charge in [-0.25, -0.2) is 0 Å². The molecule has 1 amide bonds. The fraction of sp³-hybridized carbons (Fsp3) is 0.240. The highest BCUT2D eigenvalue weighted by atomic mass is 19.3. The number of esters is 1. The number of para-hydroxylation sites is 1. The summed E-state index contributed by atoms with van der Waals surface area (Å²) < 4.78 is 41.1. The third-order valence-electron chi connectivity index (χ3n) is 4.96. The summed E-state index contributed by atoms with van der Waals surface area (Å²) in [4.78, 5) is 36.4. The molecule has 8 nitrogen and oxygen atoms in total. The first-order valence-electron chi connectivity index (χ1n) is 10.6. The molecule has 0 atom stereocenters. The van der Waals surface area contributed by atoms with E-state index in [1.54, 1.807) is 60.9 Å². The van der Waals surface area contributed by atoms with Crippen LogP contribution in [0.5, 0.6) is 11.5 Å². The second kappa shape index (κ2) is 11.8. The Bertz CT molecular complexity index is 1180. The van der Waals surface area contributed by atoms with E-state index in [0.29, 0.717) is 22.7 Å². The van der Waals surface area contributed by atoms with Crippen LogP contribution in [-0.2, 0) is 14.3 Å². The second-order valence-corrected chi connectivity index (χ2v) is 7.45. The number of hydrogen-bond acceptors (Lipinski definition) is 6. The van der Waals surface area contributed by atoms with E-state index in [9.17, 15) is 23.2 Å². The lowest BCUT2D eigenvalue weighted by molar-refractivity contribution is -0.143. The van der Waals surface area contributed by atoms with Gasteiger partial charge in [0.2, 0.25) is 5.78 Å². The predicted molar refractivity (Wildman–Crippen MR) is 122 cm³/mol. The van der Waals surface area contributed by atoms with Gasteiger partial charge in [0.1, 0.15) is 18.0 Å². The first-order chi connectivity index (χ1) is 16.7. The standard InChI is InChI=1S/C25H24F2N2O6/c1-16-12-21(17(2)29(16)18-8-10-20(11-9-18)35-25(26)27)22(30)14-34-24(32)13-28-23(31)15-33-19-6-4-3-5-7-19/h3-12,25H,13-15H2,1-2H3,(H,28,31). The molecule has 3 aromatic rings. The minimum Gasteiger partial charge on any atom is -0.484 e. The van der Waals surface area contributed by atoms with Gasteiger partial charge in [-0.1, -0.05) is 18.2 Å². The van der Waals surface area contributed by atoms with Crippen molar-refractivity contribution in [2.24, 2.45) is 0 Å². The average molecular weight is 486 g/mol. The molecule has 0 saturated carbocycles. The highest BCUT2D eigenvalue weighted by molar-refractivity contribution is 5.99. The van der Waals surface area contributed by atoms with Crippen LogP contribution in [0.15, 0.2) is 60.7 Å². The van der Waals surface area contributed by atoms with Crippen molar-refractivity contribution in [2.45, 2.75) is 20.5 Å². The van der Waals surface area contributed by atoms with Gasteiger partial charge >= 0.3 is 12.6 Å². The fourth-order valence-corrected chi connectivity index (χ4v) is 3.38. The molecule has 0 saturated heterocycles. The van der Waals surface area contributed by atoms with Crippen LogP contribution in [0.3, 0.4) is 0 Å². The number of halogens is 2. The number of ketones is 1. The molecule has 0 bridgehead atoms. The number of nitrogens with one attached hydrogen (secondary N) is 1. The Morgan fingerprint density at radius 3 is 2.29 bits per heavy atom. The van der Waals surface area contributed by atoms with Gasteiger partial charge in [-0.2, -0.15) is 8.78 Å². The highest BCUT2D eigenvalue weighted by Gasteiger charge is 2.19. The Morgan fingerprint density at radius 2 is 1.63 bits per heavy atom. The molecule has 0 aliphatic carbocycles. The summed E-state index contributed by atoms with van der Waals surface area (Å²) in [6.45, 7) is -0.585. The fourth-order valence-electron chi connectivity index (χ4n) is 3.38. The summed E-state index contributed by atoms with van der Waals surface area (Å²) in [5, 5.41) is 2.37. The van der Waals surface area contributed by atoms with Gasteiger partial charge in [-0.3, -0.25) is 14.4 Å². The van der Waals surface area contributed by atoms with Gasteiger partial charge in [0.15, 0.2) is 13.2 Å². The molecule has 0 radical (unpaired) electrons. The maximum atomic E-state index is 12.6. The smallest absolute Gasteiger partial charge is 0.387 e. The van der Waals surface area contributed by atoms with Gasteiger partial charge < -0.3 is 24.1 Å². The minimum atomic E-state index is -2.92. The molecule has 10 heteroatoms. The number of benzene rings is 2. The van der Waals surface area contributed by atoms with Crippen molar-refractivity contribution in [2.75, 3.05) is 19.8 Å². The van der Waals surface area contributed by atoms with Crippen LogP contribution >= 0.6 is 0 Å². The van der Waals surface area contributed by atoms with E-state index in [1.165, 1.54) is 12.1 Å². The number of aromatic nitrogens is 1. The first kappa shape index (κ1) is 25.4. The summed E-state index contributed by atoms with van der Waals surface area (Å²) in [5.74, 6) is -1.16. The van der Waals surface area contributed by atoms with Crippen molar-refractivity contribution < 1.29 is 37.4 Å². The zero-order valence-electron chi connectivity index (χ0n) is 19.1. The van der Waals surface area contributed by atoms with E-state index in [1.807, 2.05) is 6.07 Å².